The zero-order chi connectivity index (χ0) is 9.19. The lowest BCUT2D eigenvalue weighted by Crippen LogP contribution is -2.24. The van der Waals surface area contributed by atoms with Gasteiger partial charge < -0.3 is 0 Å². The molecule has 0 aromatic heterocycles. The Morgan fingerprint density at radius 1 is 1.25 bits per heavy atom. The first-order chi connectivity index (χ1) is 5.49. The molecule has 0 aromatic rings. The molecule has 1 fully saturated rings. The van der Waals surface area contributed by atoms with Gasteiger partial charge in [-0.1, -0.05) is 12.8 Å². The molecule has 0 aromatic carbocycles. The summed E-state index contributed by atoms with van der Waals surface area (Å²) in [5.74, 6) is -1.13. The van der Waals surface area contributed by atoms with Crippen molar-refractivity contribution in [1.82, 2.24) is 0 Å². The Morgan fingerprint density at radius 3 is 2.17 bits per heavy atom. The van der Waals surface area contributed by atoms with E-state index in [1.165, 1.54) is 0 Å². The summed E-state index contributed by atoms with van der Waals surface area (Å²) in [5.41, 5.74) is 0. The standard InChI is InChI=1S/C7H11F3OS/c8-7(9,10)5-12(11)6-3-1-2-4-6/h6H,1-5H2. The minimum Gasteiger partial charge on any atom is -0.259 e. The Morgan fingerprint density at radius 2 is 1.75 bits per heavy atom. The smallest absolute Gasteiger partial charge is 0.259 e. The number of rotatable bonds is 2. The third kappa shape index (κ3) is 3.13. The predicted octanol–water partition coefficient (Wildman–Crippen LogP) is 2.24. The van der Waals surface area contributed by atoms with E-state index in [0.29, 0.717) is 12.8 Å². The van der Waals surface area contributed by atoms with Crippen molar-refractivity contribution in [1.29, 1.82) is 0 Å². The highest BCUT2D eigenvalue weighted by Crippen LogP contribution is 2.26. The van der Waals surface area contributed by atoms with Crippen LogP contribution in [0.3, 0.4) is 0 Å². The molecule has 0 saturated heterocycles. The van der Waals surface area contributed by atoms with Crippen molar-refractivity contribution in [3.8, 4) is 0 Å². The van der Waals surface area contributed by atoms with Gasteiger partial charge >= 0.3 is 6.18 Å². The second-order valence-electron chi connectivity index (χ2n) is 3.05. The number of hydrogen-bond donors (Lipinski definition) is 0. The summed E-state index contributed by atoms with van der Waals surface area (Å²) in [5, 5.41) is -0.202. The fourth-order valence-corrected chi connectivity index (χ4v) is 2.85. The van der Waals surface area contributed by atoms with Crippen molar-refractivity contribution >= 4 is 10.8 Å². The molecule has 1 saturated carbocycles. The monoisotopic (exact) mass is 200 g/mol. The quantitative estimate of drug-likeness (QED) is 0.668. The van der Waals surface area contributed by atoms with Crippen molar-refractivity contribution in [2.75, 3.05) is 5.75 Å². The zero-order valence-electron chi connectivity index (χ0n) is 6.56. The lowest BCUT2D eigenvalue weighted by Gasteiger charge is -2.10. The van der Waals surface area contributed by atoms with Crippen molar-refractivity contribution < 1.29 is 17.4 Å². The van der Waals surface area contributed by atoms with Gasteiger partial charge in [0.05, 0.1) is 0 Å². The first kappa shape index (κ1) is 10.0. The topological polar surface area (TPSA) is 17.1 Å². The maximum atomic E-state index is 11.8. The van der Waals surface area contributed by atoms with Crippen LogP contribution in [0.2, 0.25) is 0 Å². The Hall–Kier alpha value is -0.0600. The van der Waals surface area contributed by atoms with Crippen LogP contribution in [0.4, 0.5) is 13.2 Å². The summed E-state index contributed by atoms with van der Waals surface area (Å²) < 4.78 is 46.4. The van der Waals surface area contributed by atoms with Crippen LogP contribution < -0.4 is 0 Å². The summed E-state index contributed by atoms with van der Waals surface area (Å²) in [6.45, 7) is 0. The summed E-state index contributed by atoms with van der Waals surface area (Å²) in [6.07, 6.45) is -1.03. The van der Waals surface area contributed by atoms with E-state index in [2.05, 4.69) is 0 Å². The summed E-state index contributed by atoms with van der Waals surface area (Å²) in [6, 6.07) is 0. The van der Waals surface area contributed by atoms with Gasteiger partial charge in [-0.3, -0.25) is 4.21 Å². The highest BCUT2D eigenvalue weighted by atomic mass is 32.2. The van der Waals surface area contributed by atoms with E-state index in [-0.39, 0.29) is 5.25 Å². The van der Waals surface area contributed by atoms with Gasteiger partial charge in [-0.05, 0) is 12.8 Å². The van der Waals surface area contributed by atoms with Crippen LogP contribution in [0.5, 0.6) is 0 Å². The normalized spacial score (nSPS) is 22.9. The SMILES string of the molecule is O=S(CC(F)(F)F)C1CCCC1. The van der Waals surface area contributed by atoms with Crippen LogP contribution in [0.25, 0.3) is 0 Å². The van der Waals surface area contributed by atoms with Gasteiger partial charge in [0, 0.05) is 16.0 Å². The highest BCUT2D eigenvalue weighted by Gasteiger charge is 2.34. The zero-order valence-corrected chi connectivity index (χ0v) is 7.38. The molecule has 72 valence electrons. The lowest BCUT2D eigenvalue weighted by molar-refractivity contribution is -0.105. The molecule has 12 heavy (non-hydrogen) atoms. The van der Waals surface area contributed by atoms with Gasteiger partial charge in [0.25, 0.3) is 0 Å². The molecule has 1 aliphatic rings. The van der Waals surface area contributed by atoms with Crippen molar-refractivity contribution in [2.45, 2.75) is 37.1 Å². The minimum atomic E-state index is -4.27. The van der Waals surface area contributed by atoms with Crippen LogP contribution in [-0.4, -0.2) is 21.4 Å². The number of alkyl halides is 3. The van der Waals surface area contributed by atoms with Gasteiger partial charge in [-0.15, -0.1) is 0 Å². The highest BCUT2D eigenvalue weighted by molar-refractivity contribution is 7.85. The largest absolute Gasteiger partial charge is 0.400 e. The van der Waals surface area contributed by atoms with Crippen molar-refractivity contribution in [2.24, 2.45) is 0 Å². The van der Waals surface area contributed by atoms with Gasteiger partial charge in [0.15, 0.2) is 0 Å². The van der Waals surface area contributed by atoms with E-state index >= 15 is 0 Å². The molecule has 0 radical (unpaired) electrons. The summed E-state index contributed by atoms with van der Waals surface area (Å²) in [4.78, 5) is 0. The molecule has 1 unspecified atom stereocenters. The molecule has 0 aliphatic heterocycles. The Labute approximate surface area is 71.8 Å². The van der Waals surface area contributed by atoms with E-state index in [1.807, 2.05) is 0 Å². The van der Waals surface area contributed by atoms with Crippen molar-refractivity contribution in [3.63, 3.8) is 0 Å². The van der Waals surface area contributed by atoms with Crippen LogP contribution in [0, 0.1) is 0 Å². The van der Waals surface area contributed by atoms with E-state index < -0.39 is 22.7 Å². The second kappa shape index (κ2) is 3.77. The molecule has 0 spiro atoms. The molecule has 0 heterocycles. The molecule has 1 aliphatic carbocycles. The van der Waals surface area contributed by atoms with Gasteiger partial charge in [0.1, 0.15) is 5.75 Å². The Bertz CT molecular complexity index is 172. The number of hydrogen-bond acceptors (Lipinski definition) is 1. The van der Waals surface area contributed by atoms with E-state index in [1.54, 1.807) is 0 Å². The molecule has 5 heteroatoms. The maximum Gasteiger partial charge on any atom is 0.400 e. The fourth-order valence-electron chi connectivity index (χ4n) is 1.43. The second-order valence-corrected chi connectivity index (χ2v) is 4.76. The molecule has 1 atom stereocenters. The van der Waals surface area contributed by atoms with E-state index in [4.69, 9.17) is 0 Å². The summed E-state index contributed by atoms with van der Waals surface area (Å²) in [7, 11) is -1.69. The molecule has 0 N–H and O–H groups in total. The average molecular weight is 200 g/mol. The average Bonchev–Trinajstić information content (AvgIpc) is 2.32. The van der Waals surface area contributed by atoms with Crippen molar-refractivity contribution in [3.05, 3.63) is 0 Å². The molecule has 1 nitrogen and oxygen atoms in total. The van der Waals surface area contributed by atoms with Crippen LogP contribution >= 0.6 is 0 Å². The first-order valence-electron chi connectivity index (χ1n) is 3.93. The molecular formula is C7H11F3OS. The fraction of sp³-hybridized carbons (Fsp3) is 1.00. The molecular weight excluding hydrogens is 189 g/mol. The van der Waals surface area contributed by atoms with Crippen LogP contribution in [-0.2, 0) is 10.8 Å². The van der Waals surface area contributed by atoms with Crippen LogP contribution in [0.15, 0.2) is 0 Å². The molecule has 1 rings (SSSR count). The summed E-state index contributed by atoms with van der Waals surface area (Å²) >= 11 is 0. The number of halogens is 3. The predicted molar refractivity (Wildman–Crippen MR) is 41.3 cm³/mol. The minimum absolute atomic E-state index is 0.202. The Balaban J connectivity index is 2.37. The first-order valence-corrected chi connectivity index (χ1v) is 5.31. The molecule has 0 amide bonds. The Kier molecular flexibility index (Phi) is 3.15. The van der Waals surface area contributed by atoms with Gasteiger partial charge in [-0.2, -0.15) is 13.2 Å². The van der Waals surface area contributed by atoms with Crippen LogP contribution in [0.1, 0.15) is 25.7 Å². The maximum absolute atomic E-state index is 11.8. The van der Waals surface area contributed by atoms with E-state index in [9.17, 15) is 17.4 Å². The third-order valence-corrected chi connectivity index (χ3v) is 3.81. The van der Waals surface area contributed by atoms with E-state index in [0.717, 1.165) is 12.8 Å². The van der Waals surface area contributed by atoms with Gasteiger partial charge in [-0.25, -0.2) is 0 Å². The molecule has 0 bridgehead atoms. The third-order valence-electron chi connectivity index (χ3n) is 1.98. The van der Waals surface area contributed by atoms with Gasteiger partial charge in [0.2, 0.25) is 0 Å². The lowest BCUT2D eigenvalue weighted by atomic mass is 10.4.